The van der Waals surface area contributed by atoms with Crippen LogP contribution in [-0.4, -0.2) is 20.7 Å². The maximum absolute atomic E-state index is 11.9. The second-order valence-electron chi connectivity index (χ2n) is 5.91. The predicted octanol–water partition coefficient (Wildman–Crippen LogP) is 3.61. The van der Waals surface area contributed by atoms with Gasteiger partial charge in [0.05, 0.1) is 0 Å². The van der Waals surface area contributed by atoms with Gasteiger partial charge in [-0.2, -0.15) is 0 Å². The topological polar surface area (TPSA) is 17.1 Å². The zero-order chi connectivity index (χ0) is 15.0. The summed E-state index contributed by atoms with van der Waals surface area (Å²) in [4.78, 5) is 12.3. The molecule has 1 rings (SSSR count). The first-order valence-electron chi connectivity index (χ1n) is 7.21. The van der Waals surface area contributed by atoms with Gasteiger partial charge >= 0.3 is 129 Å². The van der Waals surface area contributed by atoms with Gasteiger partial charge in [-0.3, -0.25) is 0 Å². The molecule has 0 amide bonds. The summed E-state index contributed by atoms with van der Waals surface area (Å²) < 4.78 is 1.36. The molecule has 0 N–H and O–H groups in total. The third-order valence-corrected chi connectivity index (χ3v) is 5.35. The van der Waals surface area contributed by atoms with E-state index in [1.54, 1.807) is 0 Å². The quantitative estimate of drug-likeness (QED) is 0.456. The molecule has 2 heteroatoms. The Morgan fingerprint density at radius 3 is 2.45 bits per heavy atom. The van der Waals surface area contributed by atoms with E-state index in [1.165, 1.54) is 17.3 Å². The zero-order valence-corrected chi connectivity index (χ0v) is 14.6. The number of benzene rings is 1. The summed E-state index contributed by atoms with van der Waals surface area (Å²) in [6.07, 6.45) is 3.45. The van der Waals surface area contributed by atoms with E-state index in [0.29, 0.717) is 19.8 Å². The zero-order valence-electron chi connectivity index (χ0n) is 12.9. The van der Waals surface area contributed by atoms with Crippen molar-refractivity contribution in [1.82, 2.24) is 0 Å². The second-order valence-corrected chi connectivity index (χ2v) is 8.59. The number of carbonyl (C=O) groups is 1. The Labute approximate surface area is 129 Å². The molecule has 20 heavy (non-hydrogen) atoms. The van der Waals surface area contributed by atoms with E-state index in [4.69, 9.17) is 0 Å². The third-order valence-electron chi connectivity index (χ3n) is 2.87. The van der Waals surface area contributed by atoms with Gasteiger partial charge in [-0.05, 0) is 0 Å². The van der Waals surface area contributed by atoms with Crippen molar-refractivity contribution in [3.63, 3.8) is 0 Å². The van der Waals surface area contributed by atoms with Crippen molar-refractivity contribution in [3.8, 4) is 11.8 Å². The van der Waals surface area contributed by atoms with E-state index in [1.807, 2.05) is 26.8 Å². The fourth-order valence-corrected chi connectivity index (χ4v) is 3.74. The van der Waals surface area contributed by atoms with Crippen LogP contribution in [0, 0.1) is 17.3 Å². The van der Waals surface area contributed by atoms with E-state index >= 15 is 0 Å². The monoisotopic (exact) mass is 336 g/mol. The summed E-state index contributed by atoms with van der Waals surface area (Å²) in [6.45, 7) is 7.97. The predicted molar refractivity (Wildman–Crippen MR) is 87.3 cm³/mol. The Hall–Kier alpha value is -1.03. The molecule has 0 aliphatic heterocycles. The van der Waals surface area contributed by atoms with E-state index < -0.39 is 0 Å². The number of hydrogen-bond donors (Lipinski definition) is 0. The molecule has 1 aromatic rings. The normalized spacial score (nSPS) is 12.4. The Morgan fingerprint density at radius 2 is 1.90 bits per heavy atom. The minimum absolute atomic E-state index is 0.0443. The molecule has 0 fully saturated rings. The molecule has 1 nitrogen and oxygen atoms in total. The molecule has 0 spiro atoms. The summed E-state index contributed by atoms with van der Waals surface area (Å²) in [7, 11) is 0. The fourth-order valence-electron chi connectivity index (χ4n) is 1.55. The summed E-state index contributed by atoms with van der Waals surface area (Å²) in [5, 5.41) is 0. The first-order chi connectivity index (χ1) is 9.43. The van der Waals surface area contributed by atoms with Gasteiger partial charge in [0.25, 0.3) is 0 Å². The molecular weight excluding hydrogens is 311 g/mol. The van der Waals surface area contributed by atoms with Crippen LogP contribution >= 0.6 is 0 Å². The number of ketones is 1. The molecule has 108 valence electrons. The molecule has 0 heterocycles. The number of hydrogen-bond acceptors (Lipinski definition) is 1. The number of carbonyl (C=O) groups excluding carboxylic acids is 1. The maximum atomic E-state index is 11.9. The summed E-state index contributed by atoms with van der Waals surface area (Å²) in [5.74, 6) is 6.16. The van der Waals surface area contributed by atoms with E-state index in [-0.39, 0.29) is 11.2 Å². The standard InChI is InChI=1S/C18H24OSe/c1-5-6-10-16(13-14-17(19)18(2,3)4)20-15-11-8-7-9-12-15/h7-9,11-12,16H,5-6,10H2,1-4H3. The summed E-state index contributed by atoms with van der Waals surface area (Å²) in [5.41, 5.74) is -0.359. The van der Waals surface area contributed by atoms with Crippen molar-refractivity contribution in [1.29, 1.82) is 0 Å². The third kappa shape index (κ3) is 6.42. The second kappa shape index (κ2) is 8.30. The fraction of sp³-hybridized carbons (Fsp3) is 0.500. The van der Waals surface area contributed by atoms with Gasteiger partial charge < -0.3 is 0 Å². The Bertz CT molecular complexity index is 474. The van der Waals surface area contributed by atoms with Crippen LogP contribution in [0.1, 0.15) is 47.0 Å². The molecule has 0 aromatic heterocycles. The molecule has 0 bridgehead atoms. The average molecular weight is 335 g/mol. The average Bonchev–Trinajstić information content (AvgIpc) is 2.41. The summed E-state index contributed by atoms with van der Waals surface area (Å²) >= 11 is 0.321. The van der Waals surface area contributed by atoms with Crippen LogP contribution < -0.4 is 4.46 Å². The van der Waals surface area contributed by atoms with Crippen molar-refractivity contribution < 1.29 is 4.79 Å². The summed E-state index contributed by atoms with van der Waals surface area (Å²) in [6, 6.07) is 10.5. The van der Waals surface area contributed by atoms with Gasteiger partial charge in [-0.15, -0.1) is 0 Å². The van der Waals surface area contributed by atoms with Crippen LogP contribution in [0.2, 0.25) is 4.82 Å². The molecule has 0 radical (unpaired) electrons. The van der Waals surface area contributed by atoms with Crippen LogP contribution in [-0.2, 0) is 4.79 Å². The Kier molecular flexibility index (Phi) is 7.06. The SMILES string of the molecule is CCCCC(C#CC(=O)C(C)(C)C)[Se]c1ccccc1. The first-order valence-corrected chi connectivity index (χ1v) is 9.05. The van der Waals surface area contributed by atoms with Crippen molar-refractivity contribution in [2.75, 3.05) is 0 Å². The van der Waals surface area contributed by atoms with Crippen molar-refractivity contribution in [3.05, 3.63) is 30.3 Å². The molecule has 0 saturated heterocycles. The van der Waals surface area contributed by atoms with Crippen molar-refractivity contribution in [2.45, 2.75) is 51.8 Å². The molecular formula is C18H24OSe. The Balaban J connectivity index is 2.75. The molecule has 1 unspecified atom stereocenters. The number of rotatable bonds is 5. The van der Waals surface area contributed by atoms with Crippen LogP contribution in [0.5, 0.6) is 0 Å². The molecule has 0 saturated carbocycles. The molecule has 1 aromatic carbocycles. The van der Waals surface area contributed by atoms with Crippen LogP contribution in [0.4, 0.5) is 0 Å². The van der Waals surface area contributed by atoms with E-state index in [0.717, 1.165) is 6.42 Å². The van der Waals surface area contributed by atoms with Gasteiger partial charge in [-0.1, -0.05) is 0 Å². The minimum atomic E-state index is -0.359. The Morgan fingerprint density at radius 1 is 1.25 bits per heavy atom. The van der Waals surface area contributed by atoms with Gasteiger partial charge in [0.2, 0.25) is 0 Å². The van der Waals surface area contributed by atoms with Gasteiger partial charge in [0.15, 0.2) is 0 Å². The van der Waals surface area contributed by atoms with Crippen molar-refractivity contribution >= 4 is 25.2 Å². The van der Waals surface area contributed by atoms with E-state index in [2.05, 4.69) is 43.0 Å². The van der Waals surface area contributed by atoms with E-state index in [9.17, 15) is 4.79 Å². The number of Topliss-reactive ketones (excluding diaryl/α,β-unsaturated/α-hetero) is 1. The van der Waals surface area contributed by atoms with Gasteiger partial charge in [0.1, 0.15) is 0 Å². The first kappa shape index (κ1) is 17.0. The van der Waals surface area contributed by atoms with Crippen molar-refractivity contribution in [2.24, 2.45) is 5.41 Å². The molecule has 1 atom stereocenters. The molecule has 0 aliphatic rings. The van der Waals surface area contributed by atoms with Gasteiger partial charge in [-0.25, -0.2) is 0 Å². The van der Waals surface area contributed by atoms with Gasteiger partial charge in [0, 0.05) is 0 Å². The molecule has 0 aliphatic carbocycles. The van der Waals surface area contributed by atoms with Crippen LogP contribution in [0.15, 0.2) is 30.3 Å². The van der Waals surface area contributed by atoms with Crippen LogP contribution in [0.25, 0.3) is 0 Å². The number of unbranched alkanes of at least 4 members (excludes halogenated alkanes) is 1. The van der Waals surface area contributed by atoms with Crippen LogP contribution in [0.3, 0.4) is 0 Å².